The molecule has 1 atom stereocenters. The summed E-state index contributed by atoms with van der Waals surface area (Å²) in [6.45, 7) is 2.30. The molecular weight excluding hydrogens is 444 g/mol. The first kappa shape index (κ1) is 21.6. The summed E-state index contributed by atoms with van der Waals surface area (Å²) in [5.74, 6) is 0. The van der Waals surface area contributed by atoms with Crippen molar-refractivity contribution >= 4 is 22.7 Å². The second-order valence-electron chi connectivity index (χ2n) is 7.38. The van der Waals surface area contributed by atoms with Crippen molar-refractivity contribution in [3.63, 3.8) is 0 Å². The van der Waals surface area contributed by atoms with Gasteiger partial charge in [-0.2, -0.15) is 0 Å². The average Bonchev–Trinajstić information content (AvgIpc) is 3.40. The van der Waals surface area contributed by atoms with Gasteiger partial charge >= 0.3 is 173 Å². The number of allylic oxidation sites excluding steroid dienone is 5. The SMILES string of the molecule is CCCC1=[C]([Zr+2][CH]2C(n3ccc4ccccc43)=Cc3ccccc32)CC=C1.[F-].[F-]. The predicted molar refractivity (Wildman–Crippen MR) is 111 cm³/mol. The molecule has 0 N–H and O–H groups in total. The fraction of sp³-hybridized carbons (Fsp3) is 0.200. The standard InChI is InChI=1S/C17H12N.C8H11.2FH.Zr/c1-2-7-15-12-16(11-14(15)6-1)18-10-9-13-5-3-4-8-17(13)18;1-2-5-8-6-3-4-7-8;;;/h1-12H;3,6H,2,4-5H2,1H3;2*1H;/q;;;;+2/p-2. The molecule has 0 radical (unpaired) electrons. The normalized spacial score (nSPS) is 16.9. The van der Waals surface area contributed by atoms with E-state index in [1.54, 1.807) is 14.4 Å². The minimum absolute atomic E-state index is 0. The fourth-order valence-corrected chi connectivity index (χ4v) is 8.70. The van der Waals surface area contributed by atoms with Crippen molar-refractivity contribution in [2.45, 2.75) is 29.8 Å². The Morgan fingerprint density at radius 1 is 1.00 bits per heavy atom. The van der Waals surface area contributed by atoms with E-state index in [0.29, 0.717) is 3.63 Å². The van der Waals surface area contributed by atoms with Crippen molar-refractivity contribution in [2.75, 3.05) is 0 Å². The van der Waals surface area contributed by atoms with Crippen molar-refractivity contribution in [1.29, 1.82) is 0 Å². The van der Waals surface area contributed by atoms with Gasteiger partial charge in [-0.15, -0.1) is 0 Å². The molecule has 29 heavy (non-hydrogen) atoms. The number of aromatic nitrogens is 1. The maximum atomic E-state index is 2.45. The zero-order chi connectivity index (χ0) is 18.2. The van der Waals surface area contributed by atoms with Crippen LogP contribution < -0.4 is 9.41 Å². The van der Waals surface area contributed by atoms with Crippen LogP contribution in [0.2, 0.25) is 0 Å². The third-order valence-electron chi connectivity index (χ3n) is 5.65. The molecule has 0 fully saturated rings. The van der Waals surface area contributed by atoms with E-state index in [-0.39, 0.29) is 9.41 Å². The van der Waals surface area contributed by atoms with Gasteiger partial charge in [-0.1, -0.05) is 0 Å². The third kappa shape index (κ3) is 3.88. The van der Waals surface area contributed by atoms with Gasteiger partial charge in [0.25, 0.3) is 0 Å². The summed E-state index contributed by atoms with van der Waals surface area (Å²) < 4.78 is 4.84. The van der Waals surface area contributed by atoms with Crippen LogP contribution >= 0.6 is 0 Å². The van der Waals surface area contributed by atoms with Crippen molar-refractivity contribution < 1.29 is 32.6 Å². The maximum absolute atomic E-state index is 2.45. The van der Waals surface area contributed by atoms with Crippen LogP contribution in [0.4, 0.5) is 0 Å². The molecule has 1 heterocycles. The minimum Gasteiger partial charge on any atom is -1.00 e. The largest absolute Gasteiger partial charge is 1.00 e. The number of benzene rings is 2. The summed E-state index contributed by atoms with van der Waals surface area (Å²) >= 11 is -0.766. The van der Waals surface area contributed by atoms with Crippen LogP contribution in [0, 0.1) is 0 Å². The van der Waals surface area contributed by atoms with E-state index in [9.17, 15) is 0 Å². The Labute approximate surface area is 182 Å². The van der Waals surface area contributed by atoms with Crippen LogP contribution in [0.15, 0.2) is 81.8 Å². The number of hydrogen-bond acceptors (Lipinski definition) is 0. The van der Waals surface area contributed by atoms with E-state index in [1.807, 2.05) is 0 Å². The fourth-order valence-electron chi connectivity index (χ4n) is 4.36. The van der Waals surface area contributed by atoms with Gasteiger partial charge in [0.05, 0.1) is 0 Å². The number of hydrogen-bond donors (Lipinski definition) is 0. The van der Waals surface area contributed by atoms with Crippen molar-refractivity contribution in [2.24, 2.45) is 0 Å². The summed E-state index contributed by atoms with van der Waals surface area (Å²) in [5.41, 5.74) is 7.42. The van der Waals surface area contributed by atoms with Gasteiger partial charge in [-0.3, -0.25) is 0 Å². The molecule has 1 unspecified atom stereocenters. The van der Waals surface area contributed by atoms with Crippen LogP contribution in [0.1, 0.15) is 40.9 Å². The van der Waals surface area contributed by atoms with Crippen LogP contribution in [0.3, 0.4) is 0 Å². The Morgan fingerprint density at radius 2 is 1.79 bits per heavy atom. The molecule has 1 nitrogen and oxygen atoms in total. The summed E-state index contributed by atoms with van der Waals surface area (Å²) in [5, 5.41) is 1.33. The van der Waals surface area contributed by atoms with Gasteiger partial charge in [0.2, 0.25) is 0 Å². The Balaban J connectivity index is 0.00000120. The van der Waals surface area contributed by atoms with Gasteiger partial charge in [0.1, 0.15) is 0 Å². The van der Waals surface area contributed by atoms with E-state index in [1.165, 1.54) is 41.4 Å². The Morgan fingerprint density at radius 3 is 2.66 bits per heavy atom. The molecule has 1 aromatic heterocycles. The molecule has 2 aliphatic rings. The molecule has 0 bridgehead atoms. The molecular formula is C25H23F2NZr. The first-order valence-corrected chi connectivity index (χ1v) is 12.5. The zero-order valence-electron chi connectivity index (χ0n) is 16.4. The van der Waals surface area contributed by atoms with E-state index >= 15 is 0 Å². The molecule has 0 saturated carbocycles. The molecule has 0 aliphatic heterocycles. The number of fused-ring (bicyclic) bond motifs is 2. The van der Waals surface area contributed by atoms with Crippen LogP contribution in [0.25, 0.3) is 22.7 Å². The summed E-state index contributed by atoms with van der Waals surface area (Å²) in [7, 11) is 0. The first-order chi connectivity index (χ1) is 13.3. The van der Waals surface area contributed by atoms with E-state index in [2.05, 4.69) is 90.5 Å². The third-order valence-corrected chi connectivity index (χ3v) is 10.00. The number of rotatable bonds is 5. The molecule has 0 amide bonds. The molecule has 4 heteroatoms. The maximum Gasteiger partial charge on any atom is -1.00 e. The van der Waals surface area contributed by atoms with Crippen molar-refractivity contribution in [1.82, 2.24) is 4.57 Å². The second kappa shape index (κ2) is 9.17. The van der Waals surface area contributed by atoms with Gasteiger partial charge in [-0.05, 0) is 0 Å². The van der Waals surface area contributed by atoms with E-state index in [4.69, 9.17) is 0 Å². The summed E-state index contributed by atoms with van der Waals surface area (Å²) in [6.07, 6.45) is 13.2. The Bertz CT molecular complexity index is 1110. The molecule has 2 aliphatic carbocycles. The number of halogens is 2. The minimum atomic E-state index is -0.766. The molecule has 146 valence electrons. The summed E-state index contributed by atoms with van der Waals surface area (Å²) in [4.78, 5) is 0. The first-order valence-electron chi connectivity index (χ1n) is 9.87. The average molecular weight is 467 g/mol. The van der Waals surface area contributed by atoms with Crippen molar-refractivity contribution in [3.05, 3.63) is 92.9 Å². The topological polar surface area (TPSA) is 4.93 Å². The monoisotopic (exact) mass is 465 g/mol. The van der Waals surface area contributed by atoms with Gasteiger partial charge in [0.15, 0.2) is 0 Å². The molecule has 2 aromatic carbocycles. The van der Waals surface area contributed by atoms with Gasteiger partial charge < -0.3 is 9.41 Å². The zero-order valence-corrected chi connectivity index (χ0v) is 18.9. The molecule has 0 saturated heterocycles. The Hall–Kier alpha value is -2.06. The number of para-hydroxylation sites is 1. The molecule has 5 rings (SSSR count). The van der Waals surface area contributed by atoms with Crippen LogP contribution in [-0.2, 0) is 23.2 Å². The van der Waals surface area contributed by atoms with E-state index < -0.39 is 23.2 Å². The van der Waals surface area contributed by atoms with E-state index in [0.717, 1.165) is 0 Å². The molecule has 0 spiro atoms. The summed E-state index contributed by atoms with van der Waals surface area (Å²) in [6, 6.07) is 20.0. The van der Waals surface area contributed by atoms with Gasteiger partial charge in [0, 0.05) is 0 Å². The predicted octanol–water partition coefficient (Wildman–Crippen LogP) is 0.799. The second-order valence-corrected chi connectivity index (χ2v) is 11.0. The number of nitrogens with zero attached hydrogens (tertiary/aromatic N) is 1. The quantitative estimate of drug-likeness (QED) is 0.524. The van der Waals surface area contributed by atoms with Crippen LogP contribution in [-0.4, -0.2) is 4.57 Å². The Kier molecular flexibility index (Phi) is 6.85. The van der Waals surface area contributed by atoms with Crippen LogP contribution in [0.5, 0.6) is 0 Å². The van der Waals surface area contributed by atoms with Crippen molar-refractivity contribution in [3.8, 4) is 0 Å². The van der Waals surface area contributed by atoms with Gasteiger partial charge in [-0.25, -0.2) is 0 Å². The smallest absolute Gasteiger partial charge is 1.00 e. The molecule has 3 aromatic rings.